The molecule has 4 nitrogen and oxygen atoms in total. The molecule has 2 aromatic rings. The predicted molar refractivity (Wildman–Crippen MR) is 78.8 cm³/mol. The molecule has 0 aliphatic carbocycles. The Morgan fingerprint density at radius 1 is 1.45 bits per heavy atom. The van der Waals surface area contributed by atoms with Gasteiger partial charge in [0.2, 0.25) is 5.88 Å². The third-order valence-electron chi connectivity index (χ3n) is 2.84. The molecule has 0 aliphatic rings. The second kappa shape index (κ2) is 6.52. The van der Waals surface area contributed by atoms with Crippen LogP contribution in [0.3, 0.4) is 0 Å². The van der Waals surface area contributed by atoms with Crippen molar-refractivity contribution in [2.45, 2.75) is 26.2 Å². The molecular formula is C15H17NO3S. The standard InChI is InChI=1S/C15H17NO3S/c1-10(2)13-8-11(15(17)18)9-14(16-13)19-6-5-12-4-3-7-20-12/h3-4,7-10H,5-6H2,1-2H3,(H,17,18). The molecule has 2 rings (SSSR count). The van der Waals surface area contributed by atoms with Gasteiger partial charge in [-0.3, -0.25) is 0 Å². The zero-order valence-electron chi connectivity index (χ0n) is 11.5. The quantitative estimate of drug-likeness (QED) is 0.883. The summed E-state index contributed by atoms with van der Waals surface area (Å²) < 4.78 is 5.59. The van der Waals surface area contributed by atoms with Gasteiger partial charge in [-0.05, 0) is 23.4 Å². The Hall–Kier alpha value is -1.88. The summed E-state index contributed by atoms with van der Waals surface area (Å²) in [5.41, 5.74) is 0.950. The van der Waals surface area contributed by atoms with Crippen molar-refractivity contribution >= 4 is 17.3 Å². The maximum absolute atomic E-state index is 11.1. The van der Waals surface area contributed by atoms with Gasteiger partial charge in [-0.25, -0.2) is 9.78 Å². The van der Waals surface area contributed by atoms with Crippen LogP contribution in [0, 0.1) is 0 Å². The van der Waals surface area contributed by atoms with Gasteiger partial charge in [0.25, 0.3) is 0 Å². The molecule has 0 saturated carbocycles. The molecule has 0 radical (unpaired) electrons. The molecule has 1 N–H and O–H groups in total. The summed E-state index contributed by atoms with van der Waals surface area (Å²) in [6.07, 6.45) is 0.799. The van der Waals surface area contributed by atoms with Gasteiger partial charge in [-0.1, -0.05) is 19.9 Å². The normalized spacial score (nSPS) is 10.8. The van der Waals surface area contributed by atoms with E-state index < -0.39 is 5.97 Å². The smallest absolute Gasteiger partial charge is 0.335 e. The lowest BCUT2D eigenvalue weighted by molar-refractivity contribution is 0.0696. The van der Waals surface area contributed by atoms with Crippen molar-refractivity contribution in [3.63, 3.8) is 0 Å². The molecule has 0 spiro atoms. The third kappa shape index (κ3) is 3.81. The number of thiophene rings is 1. The van der Waals surface area contributed by atoms with Crippen molar-refractivity contribution in [3.05, 3.63) is 45.8 Å². The van der Waals surface area contributed by atoms with Crippen molar-refractivity contribution in [1.29, 1.82) is 0 Å². The lowest BCUT2D eigenvalue weighted by atomic mass is 10.1. The molecule has 2 heterocycles. The molecule has 0 atom stereocenters. The van der Waals surface area contributed by atoms with Crippen LogP contribution in [0.2, 0.25) is 0 Å². The van der Waals surface area contributed by atoms with E-state index in [4.69, 9.17) is 9.84 Å². The van der Waals surface area contributed by atoms with Crippen LogP contribution in [0.15, 0.2) is 29.6 Å². The highest BCUT2D eigenvalue weighted by molar-refractivity contribution is 7.09. The Balaban J connectivity index is 2.07. The van der Waals surface area contributed by atoms with E-state index in [1.54, 1.807) is 17.4 Å². The SMILES string of the molecule is CC(C)c1cc(C(=O)O)cc(OCCc2cccs2)n1. The molecule has 20 heavy (non-hydrogen) atoms. The van der Waals surface area contributed by atoms with E-state index in [-0.39, 0.29) is 11.5 Å². The second-order valence-electron chi connectivity index (χ2n) is 4.76. The highest BCUT2D eigenvalue weighted by Crippen LogP contribution is 2.19. The summed E-state index contributed by atoms with van der Waals surface area (Å²) in [6, 6.07) is 7.12. The van der Waals surface area contributed by atoms with Gasteiger partial charge in [0.05, 0.1) is 12.2 Å². The van der Waals surface area contributed by atoms with Gasteiger partial charge in [-0.2, -0.15) is 0 Å². The largest absolute Gasteiger partial charge is 0.478 e. The highest BCUT2D eigenvalue weighted by atomic mass is 32.1. The molecule has 0 amide bonds. The number of pyridine rings is 1. The van der Waals surface area contributed by atoms with Crippen LogP contribution in [0.5, 0.6) is 5.88 Å². The molecule has 2 aromatic heterocycles. The minimum absolute atomic E-state index is 0.161. The van der Waals surface area contributed by atoms with E-state index in [2.05, 4.69) is 11.1 Å². The van der Waals surface area contributed by atoms with Crippen LogP contribution in [0.4, 0.5) is 0 Å². The minimum atomic E-state index is -0.961. The van der Waals surface area contributed by atoms with E-state index in [0.29, 0.717) is 12.5 Å². The average Bonchev–Trinajstić information content (AvgIpc) is 2.91. The summed E-state index contributed by atoms with van der Waals surface area (Å²) in [7, 11) is 0. The molecule has 5 heteroatoms. The number of nitrogens with zero attached hydrogens (tertiary/aromatic N) is 1. The van der Waals surface area contributed by atoms with Crippen LogP contribution in [0.1, 0.15) is 40.7 Å². The Kier molecular flexibility index (Phi) is 4.74. The van der Waals surface area contributed by atoms with Gasteiger partial charge in [0.15, 0.2) is 0 Å². The summed E-state index contributed by atoms with van der Waals surface area (Å²) in [5, 5.41) is 11.1. The number of hydrogen-bond donors (Lipinski definition) is 1. The number of aromatic carboxylic acids is 1. The molecule has 0 unspecified atom stereocenters. The Morgan fingerprint density at radius 2 is 2.25 bits per heavy atom. The number of carboxylic acid groups (broad SMARTS) is 1. The Labute approximate surface area is 122 Å². The van der Waals surface area contributed by atoms with Crippen molar-refractivity contribution < 1.29 is 14.6 Å². The van der Waals surface area contributed by atoms with Crippen LogP contribution >= 0.6 is 11.3 Å². The third-order valence-corrected chi connectivity index (χ3v) is 3.77. The highest BCUT2D eigenvalue weighted by Gasteiger charge is 2.11. The lowest BCUT2D eigenvalue weighted by Crippen LogP contribution is -2.07. The van der Waals surface area contributed by atoms with E-state index in [1.165, 1.54) is 10.9 Å². The summed E-state index contributed by atoms with van der Waals surface area (Å²) in [6.45, 7) is 4.45. The number of carboxylic acids is 1. The molecule has 0 saturated heterocycles. The fourth-order valence-corrected chi connectivity index (χ4v) is 2.42. The van der Waals surface area contributed by atoms with Crippen molar-refractivity contribution in [2.75, 3.05) is 6.61 Å². The Morgan fingerprint density at radius 3 is 2.85 bits per heavy atom. The summed E-state index contributed by atoms with van der Waals surface area (Å²) >= 11 is 1.68. The molecule has 0 fully saturated rings. The monoisotopic (exact) mass is 291 g/mol. The maximum Gasteiger partial charge on any atom is 0.335 e. The number of aromatic nitrogens is 1. The van der Waals surface area contributed by atoms with Crippen molar-refractivity contribution in [2.24, 2.45) is 0 Å². The van der Waals surface area contributed by atoms with Gasteiger partial charge in [0.1, 0.15) is 0 Å². The zero-order valence-corrected chi connectivity index (χ0v) is 12.3. The van der Waals surface area contributed by atoms with Gasteiger partial charge in [-0.15, -0.1) is 11.3 Å². The van der Waals surface area contributed by atoms with E-state index in [1.807, 2.05) is 25.3 Å². The topological polar surface area (TPSA) is 59.4 Å². The van der Waals surface area contributed by atoms with Gasteiger partial charge in [0, 0.05) is 23.1 Å². The first-order valence-corrected chi connectivity index (χ1v) is 7.34. The predicted octanol–water partition coefficient (Wildman–Crippen LogP) is 3.59. The molecule has 0 aliphatic heterocycles. The minimum Gasteiger partial charge on any atom is -0.478 e. The fraction of sp³-hybridized carbons (Fsp3) is 0.333. The average molecular weight is 291 g/mol. The number of rotatable bonds is 6. The first-order valence-electron chi connectivity index (χ1n) is 6.46. The van der Waals surface area contributed by atoms with Gasteiger partial charge < -0.3 is 9.84 Å². The summed E-state index contributed by atoms with van der Waals surface area (Å²) in [5.74, 6) is -0.420. The lowest BCUT2D eigenvalue weighted by Gasteiger charge is -2.10. The second-order valence-corrected chi connectivity index (χ2v) is 5.79. The zero-order chi connectivity index (χ0) is 14.5. The molecule has 106 valence electrons. The first-order chi connectivity index (χ1) is 9.56. The van der Waals surface area contributed by atoms with Crippen LogP contribution in [0.25, 0.3) is 0 Å². The van der Waals surface area contributed by atoms with Crippen LogP contribution < -0.4 is 4.74 Å². The molecule has 0 aromatic carbocycles. The number of carbonyl (C=O) groups is 1. The van der Waals surface area contributed by atoms with E-state index in [9.17, 15) is 4.79 Å². The maximum atomic E-state index is 11.1. The van der Waals surface area contributed by atoms with Gasteiger partial charge >= 0.3 is 5.97 Å². The first kappa shape index (κ1) is 14.5. The van der Waals surface area contributed by atoms with Crippen LogP contribution in [-0.2, 0) is 6.42 Å². The Bertz CT molecular complexity index is 579. The van der Waals surface area contributed by atoms with Crippen molar-refractivity contribution in [1.82, 2.24) is 4.98 Å². The van der Waals surface area contributed by atoms with E-state index >= 15 is 0 Å². The summed E-state index contributed by atoms with van der Waals surface area (Å²) in [4.78, 5) is 16.7. The van der Waals surface area contributed by atoms with E-state index in [0.717, 1.165) is 12.1 Å². The fourth-order valence-electron chi connectivity index (χ4n) is 1.73. The van der Waals surface area contributed by atoms with Crippen molar-refractivity contribution in [3.8, 4) is 5.88 Å². The molecular weight excluding hydrogens is 274 g/mol. The number of hydrogen-bond acceptors (Lipinski definition) is 4. The van der Waals surface area contributed by atoms with Crippen LogP contribution in [-0.4, -0.2) is 22.7 Å². The molecule has 0 bridgehead atoms. The number of ether oxygens (including phenoxy) is 1.